The van der Waals surface area contributed by atoms with Gasteiger partial charge in [-0.15, -0.1) is 0 Å². The van der Waals surface area contributed by atoms with Crippen LogP contribution in [0.2, 0.25) is 0 Å². The van der Waals surface area contributed by atoms with Gasteiger partial charge in [-0.1, -0.05) is 53.5 Å². The van der Waals surface area contributed by atoms with Gasteiger partial charge in [-0.05, 0) is 31.2 Å². The lowest BCUT2D eigenvalue weighted by molar-refractivity contribution is 0.368. The van der Waals surface area contributed by atoms with Crippen LogP contribution in [0.1, 0.15) is 16.7 Å². The molecule has 0 fully saturated rings. The molecule has 0 bridgehead atoms. The van der Waals surface area contributed by atoms with Gasteiger partial charge >= 0.3 is 0 Å². The first-order valence-corrected chi connectivity index (χ1v) is 11.4. The van der Waals surface area contributed by atoms with Crippen LogP contribution in [-0.4, -0.2) is 36.2 Å². The molecule has 0 saturated carbocycles. The van der Waals surface area contributed by atoms with E-state index >= 15 is 0 Å². The van der Waals surface area contributed by atoms with Gasteiger partial charge in [-0.3, -0.25) is 4.18 Å². The van der Waals surface area contributed by atoms with Crippen molar-refractivity contribution in [3.63, 3.8) is 0 Å². The minimum Gasteiger partial charge on any atom is -0.257 e. The summed E-state index contributed by atoms with van der Waals surface area (Å²) in [6, 6.07) is 13.5. The summed E-state index contributed by atoms with van der Waals surface area (Å²) in [5.41, 5.74) is 2.16. The number of sulfonamides is 1. The quantitative estimate of drug-likeness (QED) is 0.590. The summed E-state index contributed by atoms with van der Waals surface area (Å²) in [6.07, 6.45) is 0.950. The predicted molar refractivity (Wildman–Crippen MR) is 107 cm³/mol. The fraction of sp³-hybridized carbons (Fsp3) is 0.200. The Balaban J connectivity index is 2.04. The average Bonchev–Trinajstić information content (AvgIpc) is 2.63. The lowest BCUT2D eigenvalue weighted by Crippen LogP contribution is -2.23. The molecule has 2 aromatic rings. The molecule has 0 amide bonds. The third kappa shape index (κ3) is 7.18. The van der Waals surface area contributed by atoms with Crippen LogP contribution in [0, 0.1) is 30.6 Å². The van der Waals surface area contributed by atoms with Crippen LogP contribution in [0.4, 0.5) is 0 Å². The zero-order valence-electron chi connectivity index (χ0n) is 15.4. The second-order valence-electron chi connectivity index (χ2n) is 5.75. The molecule has 2 aromatic carbocycles. The van der Waals surface area contributed by atoms with Crippen molar-refractivity contribution in [2.45, 2.75) is 11.8 Å². The molecule has 0 radical (unpaired) electrons. The van der Waals surface area contributed by atoms with Gasteiger partial charge in [-0.25, -0.2) is 8.42 Å². The minimum absolute atomic E-state index is 0.0604. The molecule has 1 N–H and O–H groups in total. The van der Waals surface area contributed by atoms with Crippen LogP contribution in [0.3, 0.4) is 0 Å². The Morgan fingerprint density at radius 1 is 0.893 bits per heavy atom. The van der Waals surface area contributed by atoms with E-state index in [1.54, 1.807) is 36.4 Å². The molecule has 6 nitrogen and oxygen atoms in total. The van der Waals surface area contributed by atoms with Crippen LogP contribution in [0.25, 0.3) is 0 Å². The number of nitrogens with one attached hydrogen (secondary N) is 1. The topological polar surface area (TPSA) is 89.5 Å². The Kier molecular flexibility index (Phi) is 7.38. The van der Waals surface area contributed by atoms with Crippen molar-refractivity contribution in [1.82, 2.24) is 4.72 Å². The van der Waals surface area contributed by atoms with Crippen molar-refractivity contribution in [2.24, 2.45) is 0 Å². The normalized spacial score (nSPS) is 11.1. The highest BCUT2D eigenvalue weighted by atomic mass is 32.2. The van der Waals surface area contributed by atoms with Gasteiger partial charge in [0.2, 0.25) is 10.0 Å². The van der Waals surface area contributed by atoms with E-state index in [4.69, 9.17) is 0 Å². The summed E-state index contributed by atoms with van der Waals surface area (Å²) in [5.74, 6) is 11.0. The van der Waals surface area contributed by atoms with E-state index in [2.05, 4.69) is 32.6 Å². The minimum atomic E-state index is -3.63. The summed E-state index contributed by atoms with van der Waals surface area (Å²) in [5, 5.41) is 0. The van der Waals surface area contributed by atoms with Crippen LogP contribution < -0.4 is 4.72 Å². The fourth-order valence-electron chi connectivity index (χ4n) is 2.04. The van der Waals surface area contributed by atoms with E-state index in [0.717, 1.165) is 11.8 Å². The molecule has 28 heavy (non-hydrogen) atoms. The summed E-state index contributed by atoms with van der Waals surface area (Å²) in [4.78, 5) is 0.178. The van der Waals surface area contributed by atoms with Gasteiger partial charge in [-0.2, -0.15) is 13.1 Å². The van der Waals surface area contributed by atoms with Gasteiger partial charge < -0.3 is 0 Å². The molecule has 0 saturated heterocycles. The van der Waals surface area contributed by atoms with Crippen molar-refractivity contribution in [2.75, 3.05) is 19.4 Å². The summed E-state index contributed by atoms with van der Waals surface area (Å²) in [7, 11) is -7.17. The van der Waals surface area contributed by atoms with Gasteiger partial charge in [0.05, 0.1) is 17.7 Å². The van der Waals surface area contributed by atoms with E-state index in [0.29, 0.717) is 11.1 Å². The largest absolute Gasteiger partial charge is 0.265 e. The summed E-state index contributed by atoms with van der Waals surface area (Å²) in [6.45, 7) is 1.56. The van der Waals surface area contributed by atoms with E-state index in [1.165, 1.54) is 12.1 Å². The van der Waals surface area contributed by atoms with Crippen molar-refractivity contribution in [3.8, 4) is 23.7 Å². The Hall–Kier alpha value is -2.62. The maximum Gasteiger partial charge on any atom is 0.265 e. The third-order valence-electron chi connectivity index (χ3n) is 3.40. The molecule has 0 atom stereocenters. The van der Waals surface area contributed by atoms with E-state index in [1.807, 2.05) is 6.92 Å². The molecule has 0 aliphatic heterocycles. The highest BCUT2D eigenvalue weighted by Crippen LogP contribution is 2.09. The molecule has 0 aliphatic carbocycles. The molecule has 146 valence electrons. The second kappa shape index (κ2) is 9.54. The maximum absolute atomic E-state index is 12.2. The zero-order chi connectivity index (χ0) is 20.6. The predicted octanol–water partition coefficient (Wildman–Crippen LogP) is 1.65. The van der Waals surface area contributed by atoms with Crippen LogP contribution in [0.5, 0.6) is 0 Å². The average molecular weight is 418 g/mol. The van der Waals surface area contributed by atoms with Crippen LogP contribution >= 0.6 is 0 Å². The Morgan fingerprint density at radius 3 is 2.04 bits per heavy atom. The summed E-state index contributed by atoms with van der Waals surface area (Å²) < 4.78 is 53.2. The summed E-state index contributed by atoms with van der Waals surface area (Å²) >= 11 is 0. The van der Waals surface area contributed by atoms with Gasteiger partial charge in [0, 0.05) is 11.1 Å². The molecule has 0 aromatic heterocycles. The maximum atomic E-state index is 12.2. The van der Waals surface area contributed by atoms with Gasteiger partial charge in [0.1, 0.15) is 6.61 Å². The molecule has 0 spiro atoms. The number of rotatable bonds is 5. The lowest BCUT2D eigenvalue weighted by atomic mass is 10.1. The van der Waals surface area contributed by atoms with E-state index in [-0.39, 0.29) is 18.0 Å². The van der Waals surface area contributed by atoms with Crippen LogP contribution in [-0.2, 0) is 24.3 Å². The Bertz CT molecular complexity index is 1160. The first-order chi connectivity index (χ1) is 13.2. The van der Waals surface area contributed by atoms with Crippen LogP contribution in [0.15, 0.2) is 53.4 Å². The highest BCUT2D eigenvalue weighted by molar-refractivity contribution is 7.89. The number of benzene rings is 2. The van der Waals surface area contributed by atoms with Crippen molar-refractivity contribution < 1.29 is 21.0 Å². The van der Waals surface area contributed by atoms with Crippen molar-refractivity contribution in [3.05, 3.63) is 65.2 Å². The van der Waals surface area contributed by atoms with Gasteiger partial charge in [0.15, 0.2) is 0 Å². The second-order valence-corrected chi connectivity index (χ2v) is 9.16. The standard InChI is InChI=1S/C20H19NO5S2/c1-17-11-13-20(14-12-17)28(24,25)21-15-5-9-18-7-3-4-8-19(18)10-6-16-26-27(2,22)23/h3-4,7-8,11-14,21H,15-16H2,1-2H3. The fourth-order valence-corrected chi connectivity index (χ4v) is 3.24. The molecule has 2 rings (SSSR count). The first kappa shape index (κ1) is 21.7. The lowest BCUT2D eigenvalue weighted by Gasteiger charge is -2.03. The molecule has 0 aliphatic rings. The SMILES string of the molecule is Cc1ccc(S(=O)(=O)NCC#Cc2ccccc2C#CCOS(C)(=O)=O)cc1. The monoisotopic (exact) mass is 417 g/mol. The highest BCUT2D eigenvalue weighted by Gasteiger charge is 2.11. The number of hydrogen-bond acceptors (Lipinski definition) is 5. The Morgan fingerprint density at radius 2 is 1.46 bits per heavy atom. The Labute approximate surface area is 166 Å². The number of aryl methyl sites for hydroxylation is 1. The smallest absolute Gasteiger partial charge is 0.257 e. The van der Waals surface area contributed by atoms with Crippen molar-refractivity contribution in [1.29, 1.82) is 0 Å². The third-order valence-corrected chi connectivity index (χ3v) is 5.36. The van der Waals surface area contributed by atoms with Gasteiger partial charge in [0.25, 0.3) is 10.1 Å². The molecular formula is C20H19NO5S2. The van der Waals surface area contributed by atoms with E-state index < -0.39 is 20.1 Å². The van der Waals surface area contributed by atoms with E-state index in [9.17, 15) is 16.8 Å². The number of hydrogen-bond donors (Lipinski definition) is 1. The molecule has 0 heterocycles. The molecule has 0 unspecified atom stereocenters. The zero-order valence-corrected chi connectivity index (χ0v) is 17.0. The molecular weight excluding hydrogens is 398 g/mol. The van der Waals surface area contributed by atoms with Crippen molar-refractivity contribution >= 4 is 20.1 Å². The first-order valence-electron chi connectivity index (χ1n) is 8.15. The molecule has 8 heteroatoms.